The van der Waals surface area contributed by atoms with Crippen LogP contribution in [0.2, 0.25) is 0 Å². The maximum atomic E-state index is 14.3. The van der Waals surface area contributed by atoms with E-state index in [2.05, 4.69) is 25.3 Å². The number of carbonyl (C=O) groups is 3. The standard InChI is InChI=1S/C23H16FIN4O4/c1-33-23(32)29-22-27-16-10-9-12(11-18(16)28-22)20(30)13-5-2-3-6-14(13)21(31)26-17-8-4-7-15(25)19(17)24/h2-11H,1H3,(H,26,31)(H2,27,28,29,32). The highest BCUT2D eigenvalue weighted by atomic mass is 127. The highest BCUT2D eigenvalue weighted by molar-refractivity contribution is 14.1. The summed E-state index contributed by atoms with van der Waals surface area (Å²) >= 11 is 1.83. The third kappa shape index (κ3) is 4.70. The molecule has 0 fully saturated rings. The van der Waals surface area contributed by atoms with Gasteiger partial charge in [-0.15, -0.1) is 0 Å². The summed E-state index contributed by atoms with van der Waals surface area (Å²) in [6.07, 6.45) is -0.685. The summed E-state index contributed by atoms with van der Waals surface area (Å²) in [4.78, 5) is 44.6. The minimum atomic E-state index is -0.685. The molecule has 1 aromatic heterocycles. The van der Waals surface area contributed by atoms with Gasteiger partial charge in [-0.3, -0.25) is 14.9 Å². The number of hydrogen-bond donors (Lipinski definition) is 3. The third-order valence-electron chi connectivity index (χ3n) is 4.77. The summed E-state index contributed by atoms with van der Waals surface area (Å²) in [6.45, 7) is 0. The summed E-state index contributed by atoms with van der Waals surface area (Å²) in [6, 6.07) is 15.7. The van der Waals surface area contributed by atoms with E-state index in [-0.39, 0.29) is 22.8 Å². The summed E-state index contributed by atoms with van der Waals surface area (Å²) in [5.74, 6) is -1.38. The van der Waals surface area contributed by atoms with Crippen LogP contribution in [0.25, 0.3) is 11.0 Å². The molecule has 0 unspecified atom stereocenters. The first-order valence-electron chi connectivity index (χ1n) is 9.61. The van der Waals surface area contributed by atoms with Crippen molar-refractivity contribution in [3.63, 3.8) is 0 Å². The minimum absolute atomic E-state index is 0.0265. The first kappa shape index (κ1) is 22.4. The normalized spacial score (nSPS) is 10.6. The molecule has 10 heteroatoms. The summed E-state index contributed by atoms with van der Waals surface area (Å²) < 4.78 is 19.2. The number of nitrogens with zero attached hydrogens (tertiary/aromatic N) is 1. The number of benzene rings is 3. The molecule has 0 spiro atoms. The van der Waals surface area contributed by atoms with Crippen LogP contribution in [0.15, 0.2) is 60.7 Å². The topological polar surface area (TPSA) is 113 Å². The number of aromatic nitrogens is 2. The molecule has 166 valence electrons. The van der Waals surface area contributed by atoms with Crippen molar-refractivity contribution in [2.24, 2.45) is 0 Å². The third-order valence-corrected chi connectivity index (χ3v) is 5.60. The first-order chi connectivity index (χ1) is 15.9. The Morgan fingerprint density at radius 3 is 2.52 bits per heavy atom. The Balaban J connectivity index is 1.64. The predicted molar refractivity (Wildman–Crippen MR) is 129 cm³/mol. The number of anilines is 2. The first-order valence-corrected chi connectivity index (χ1v) is 10.7. The number of ether oxygens (including phenoxy) is 1. The number of imidazole rings is 1. The number of rotatable bonds is 5. The van der Waals surface area contributed by atoms with Gasteiger partial charge in [0, 0.05) is 11.1 Å². The molecule has 8 nitrogen and oxygen atoms in total. The van der Waals surface area contributed by atoms with Crippen molar-refractivity contribution >= 4 is 63.0 Å². The Hall–Kier alpha value is -3.80. The number of aromatic amines is 1. The van der Waals surface area contributed by atoms with Crippen LogP contribution in [0.5, 0.6) is 0 Å². The van der Waals surface area contributed by atoms with E-state index in [4.69, 9.17) is 0 Å². The van der Waals surface area contributed by atoms with Gasteiger partial charge in [-0.2, -0.15) is 0 Å². The van der Waals surface area contributed by atoms with Crippen LogP contribution < -0.4 is 10.6 Å². The molecule has 0 atom stereocenters. The number of ketones is 1. The van der Waals surface area contributed by atoms with E-state index >= 15 is 0 Å². The van der Waals surface area contributed by atoms with Gasteiger partial charge in [-0.25, -0.2) is 14.2 Å². The second-order valence-electron chi connectivity index (χ2n) is 6.86. The lowest BCUT2D eigenvalue weighted by atomic mass is 9.97. The van der Waals surface area contributed by atoms with Gasteiger partial charge in [-0.1, -0.05) is 24.3 Å². The van der Waals surface area contributed by atoms with Gasteiger partial charge < -0.3 is 15.0 Å². The fraction of sp³-hybridized carbons (Fsp3) is 0.0435. The molecule has 3 aromatic carbocycles. The van der Waals surface area contributed by atoms with Crippen molar-refractivity contribution in [3.05, 3.63) is 86.7 Å². The molecular weight excluding hydrogens is 542 g/mol. The number of fused-ring (bicyclic) bond motifs is 1. The minimum Gasteiger partial charge on any atom is -0.453 e. The van der Waals surface area contributed by atoms with Gasteiger partial charge in [0.05, 0.1) is 33.0 Å². The van der Waals surface area contributed by atoms with Crippen LogP contribution in [0.1, 0.15) is 26.3 Å². The van der Waals surface area contributed by atoms with Gasteiger partial charge in [-0.05, 0) is 59.0 Å². The zero-order valence-corrected chi connectivity index (χ0v) is 19.3. The van der Waals surface area contributed by atoms with E-state index in [0.29, 0.717) is 20.2 Å². The molecule has 4 aromatic rings. The zero-order chi connectivity index (χ0) is 23.5. The molecule has 0 aliphatic carbocycles. The van der Waals surface area contributed by atoms with Crippen LogP contribution in [0, 0.1) is 9.39 Å². The number of nitrogens with one attached hydrogen (secondary N) is 3. The van der Waals surface area contributed by atoms with E-state index in [1.165, 1.54) is 25.3 Å². The van der Waals surface area contributed by atoms with Gasteiger partial charge in [0.2, 0.25) is 5.95 Å². The van der Waals surface area contributed by atoms with Crippen LogP contribution in [0.4, 0.5) is 20.8 Å². The van der Waals surface area contributed by atoms with Crippen molar-refractivity contribution in [2.75, 3.05) is 17.7 Å². The number of amides is 2. The fourth-order valence-corrected chi connectivity index (χ4v) is 3.68. The van der Waals surface area contributed by atoms with Crippen molar-refractivity contribution in [1.82, 2.24) is 9.97 Å². The largest absolute Gasteiger partial charge is 0.453 e. The molecule has 1 heterocycles. The number of hydrogen-bond acceptors (Lipinski definition) is 5. The quantitative estimate of drug-likeness (QED) is 0.237. The van der Waals surface area contributed by atoms with E-state index < -0.39 is 23.6 Å². The van der Waals surface area contributed by atoms with E-state index in [1.807, 2.05) is 22.6 Å². The summed E-state index contributed by atoms with van der Waals surface area (Å²) in [7, 11) is 1.23. The molecule has 0 saturated heterocycles. The van der Waals surface area contributed by atoms with E-state index in [9.17, 15) is 18.8 Å². The maximum Gasteiger partial charge on any atom is 0.413 e. The number of methoxy groups -OCH3 is 1. The van der Waals surface area contributed by atoms with Crippen LogP contribution in [0.3, 0.4) is 0 Å². The Bertz CT molecular complexity index is 1400. The summed E-state index contributed by atoms with van der Waals surface area (Å²) in [5.41, 5.74) is 1.63. The monoisotopic (exact) mass is 558 g/mol. The lowest BCUT2D eigenvalue weighted by molar-refractivity contribution is 0.0996. The van der Waals surface area contributed by atoms with Gasteiger partial charge in [0.1, 0.15) is 0 Å². The van der Waals surface area contributed by atoms with Crippen LogP contribution in [-0.2, 0) is 4.74 Å². The molecule has 0 aliphatic rings. The molecule has 2 amide bonds. The Morgan fingerprint density at radius 2 is 1.76 bits per heavy atom. The average molecular weight is 558 g/mol. The molecule has 33 heavy (non-hydrogen) atoms. The Morgan fingerprint density at radius 1 is 1.00 bits per heavy atom. The Kier molecular flexibility index (Phi) is 6.36. The van der Waals surface area contributed by atoms with E-state index in [0.717, 1.165) is 0 Å². The van der Waals surface area contributed by atoms with Crippen molar-refractivity contribution in [1.29, 1.82) is 0 Å². The lowest BCUT2D eigenvalue weighted by Gasteiger charge is -2.11. The molecule has 0 aliphatic heterocycles. The van der Waals surface area contributed by atoms with Crippen LogP contribution in [-0.4, -0.2) is 34.9 Å². The van der Waals surface area contributed by atoms with E-state index in [1.54, 1.807) is 42.5 Å². The lowest BCUT2D eigenvalue weighted by Crippen LogP contribution is -2.17. The number of H-pyrrole nitrogens is 1. The highest BCUT2D eigenvalue weighted by Crippen LogP contribution is 2.23. The molecule has 0 bridgehead atoms. The van der Waals surface area contributed by atoms with Crippen molar-refractivity contribution < 1.29 is 23.5 Å². The molecule has 0 radical (unpaired) electrons. The molecule has 0 saturated carbocycles. The van der Waals surface area contributed by atoms with Gasteiger partial charge in [0.15, 0.2) is 11.6 Å². The smallest absolute Gasteiger partial charge is 0.413 e. The number of carbonyl (C=O) groups excluding carboxylic acids is 3. The fourth-order valence-electron chi connectivity index (χ4n) is 3.18. The predicted octanol–water partition coefficient (Wildman–Crippen LogP) is 4.97. The van der Waals surface area contributed by atoms with Crippen LogP contribution >= 0.6 is 22.6 Å². The average Bonchev–Trinajstić information content (AvgIpc) is 3.22. The SMILES string of the molecule is COC(=O)Nc1nc2ccc(C(=O)c3ccccc3C(=O)Nc3cccc(I)c3F)cc2[nH]1. The maximum absolute atomic E-state index is 14.3. The summed E-state index contributed by atoms with van der Waals surface area (Å²) in [5, 5.41) is 4.95. The molecule has 4 rings (SSSR count). The number of halogens is 2. The molecule has 3 N–H and O–H groups in total. The van der Waals surface area contributed by atoms with Gasteiger partial charge >= 0.3 is 6.09 Å². The molecular formula is C23H16FIN4O4. The van der Waals surface area contributed by atoms with Crippen molar-refractivity contribution in [3.8, 4) is 0 Å². The second kappa shape index (κ2) is 9.36. The zero-order valence-electron chi connectivity index (χ0n) is 17.1. The highest BCUT2D eigenvalue weighted by Gasteiger charge is 2.20. The van der Waals surface area contributed by atoms with Gasteiger partial charge in [0.25, 0.3) is 5.91 Å². The Labute approximate surface area is 200 Å². The van der Waals surface area contributed by atoms with Crippen molar-refractivity contribution in [2.45, 2.75) is 0 Å². The second-order valence-corrected chi connectivity index (χ2v) is 8.03.